The van der Waals surface area contributed by atoms with Crippen molar-refractivity contribution < 1.29 is 9.90 Å². The molecule has 0 bridgehead atoms. The number of carboxylic acid groups (broad SMARTS) is 1. The molecule has 4 rings (SSSR count). The highest BCUT2D eigenvalue weighted by atomic mass is 16.4. The van der Waals surface area contributed by atoms with E-state index < -0.39 is 6.09 Å². The summed E-state index contributed by atoms with van der Waals surface area (Å²) in [6.07, 6.45) is 0.701. The molecular weight excluding hydrogens is 316 g/mol. The van der Waals surface area contributed by atoms with Crippen LogP contribution in [-0.4, -0.2) is 43.7 Å². The van der Waals surface area contributed by atoms with Crippen molar-refractivity contribution in [3.05, 3.63) is 48.2 Å². The summed E-state index contributed by atoms with van der Waals surface area (Å²) in [5.41, 5.74) is 3.77. The number of imidazole rings is 1. The van der Waals surface area contributed by atoms with Crippen LogP contribution in [0.3, 0.4) is 0 Å². The van der Waals surface area contributed by atoms with E-state index in [9.17, 15) is 9.90 Å². The fourth-order valence-electron chi connectivity index (χ4n) is 3.52. The van der Waals surface area contributed by atoms with Crippen molar-refractivity contribution in [2.45, 2.75) is 25.8 Å². The summed E-state index contributed by atoms with van der Waals surface area (Å²) in [7, 11) is 0. The molecule has 6 heteroatoms. The molecule has 1 aliphatic rings. The maximum absolute atomic E-state index is 11.2. The van der Waals surface area contributed by atoms with Gasteiger partial charge in [-0.25, -0.2) is 14.8 Å². The number of nitrogens with zero attached hydrogens (tertiary/aromatic N) is 4. The molecule has 0 spiro atoms. The number of piperidine rings is 1. The molecule has 0 saturated carbocycles. The van der Waals surface area contributed by atoms with Crippen LogP contribution in [0.1, 0.15) is 24.6 Å². The Bertz CT molecular complexity index is 912. The predicted octanol–water partition coefficient (Wildman–Crippen LogP) is 3.72. The zero-order chi connectivity index (χ0) is 17.4. The minimum absolute atomic E-state index is 0.199. The lowest BCUT2D eigenvalue weighted by Gasteiger charge is -2.31. The van der Waals surface area contributed by atoms with Crippen LogP contribution in [0.15, 0.2) is 42.5 Å². The first kappa shape index (κ1) is 15.6. The van der Waals surface area contributed by atoms with Crippen molar-refractivity contribution >= 4 is 17.3 Å². The van der Waals surface area contributed by atoms with E-state index in [1.54, 1.807) is 0 Å². The fourth-order valence-corrected chi connectivity index (χ4v) is 3.52. The van der Waals surface area contributed by atoms with Gasteiger partial charge in [-0.05, 0) is 31.9 Å². The molecule has 2 aromatic heterocycles. The average molecular weight is 336 g/mol. The van der Waals surface area contributed by atoms with Gasteiger partial charge in [-0.15, -0.1) is 0 Å². The van der Waals surface area contributed by atoms with Gasteiger partial charge in [0.2, 0.25) is 0 Å². The number of pyridine rings is 1. The zero-order valence-electron chi connectivity index (χ0n) is 14.1. The topological polar surface area (TPSA) is 71.2 Å². The minimum Gasteiger partial charge on any atom is -0.465 e. The van der Waals surface area contributed by atoms with Gasteiger partial charge in [0.15, 0.2) is 5.65 Å². The van der Waals surface area contributed by atoms with Crippen molar-refractivity contribution in [2.75, 3.05) is 13.1 Å². The second-order valence-corrected chi connectivity index (χ2v) is 6.47. The number of fused-ring (bicyclic) bond motifs is 1. The van der Waals surface area contributed by atoms with E-state index in [0.717, 1.165) is 41.1 Å². The summed E-state index contributed by atoms with van der Waals surface area (Å²) >= 11 is 0. The van der Waals surface area contributed by atoms with Crippen LogP contribution in [0.2, 0.25) is 0 Å². The molecule has 0 aliphatic carbocycles. The normalized spacial score (nSPS) is 15.6. The Hall–Kier alpha value is -2.89. The van der Waals surface area contributed by atoms with Gasteiger partial charge >= 0.3 is 6.09 Å². The molecule has 1 fully saturated rings. The highest BCUT2D eigenvalue weighted by Crippen LogP contribution is 2.32. The van der Waals surface area contributed by atoms with Crippen LogP contribution in [-0.2, 0) is 0 Å². The van der Waals surface area contributed by atoms with Crippen molar-refractivity contribution in [2.24, 2.45) is 0 Å². The Morgan fingerprint density at radius 1 is 1.08 bits per heavy atom. The van der Waals surface area contributed by atoms with Crippen LogP contribution in [0, 0.1) is 6.92 Å². The molecule has 1 N–H and O–H groups in total. The number of aryl methyl sites for hydroxylation is 1. The van der Waals surface area contributed by atoms with Crippen LogP contribution >= 0.6 is 0 Å². The van der Waals surface area contributed by atoms with Gasteiger partial charge in [0.25, 0.3) is 0 Å². The predicted molar refractivity (Wildman–Crippen MR) is 95.6 cm³/mol. The summed E-state index contributed by atoms with van der Waals surface area (Å²) in [5, 5.41) is 9.19. The number of benzene rings is 1. The number of aromatic nitrogens is 3. The number of hydrogen-bond acceptors (Lipinski definition) is 3. The summed E-state index contributed by atoms with van der Waals surface area (Å²) in [4.78, 5) is 22.2. The summed E-state index contributed by atoms with van der Waals surface area (Å²) < 4.78 is 2.21. The number of likely N-dealkylation sites (tertiary alicyclic amines) is 1. The van der Waals surface area contributed by atoms with E-state index in [0.29, 0.717) is 13.1 Å². The summed E-state index contributed by atoms with van der Waals surface area (Å²) in [5.74, 6) is 0.905. The third kappa shape index (κ3) is 2.84. The number of amides is 1. The monoisotopic (exact) mass is 336 g/mol. The summed E-state index contributed by atoms with van der Waals surface area (Å²) in [6, 6.07) is 14.3. The maximum atomic E-state index is 11.2. The van der Waals surface area contributed by atoms with Crippen molar-refractivity contribution in [3.8, 4) is 11.4 Å². The second kappa shape index (κ2) is 6.20. The first-order chi connectivity index (χ1) is 12.1. The number of hydrogen-bond donors (Lipinski definition) is 1. The largest absolute Gasteiger partial charge is 0.465 e. The first-order valence-electron chi connectivity index (χ1n) is 8.52. The average Bonchev–Trinajstić information content (AvgIpc) is 3.01. The quantitative estimate of drug-likeness (QED) is 0.774. The van der Waals surface area contributed by atoms with Crippen LogP contribution in [0.5, 0.6) is 0 Å². The zero-order valence-corrected chi connectivity index (χ0v) is 14.1. The summed E-state index contributed by atoms with van der Waals surface area (Å²) in [6.45, 7) is 3.06. The lowest BCUT2D eigenvalue weighted by Crippen LogP contribution is -2.38. The molecule has 3 aromatic rings. The van der Waals surface area contributed by atoms with Crippen LogP contribution in [0.25, 0.3) is 22.6 Å². The van der Waals surface area contributed by atoms with Crippen molar-refractivity contribution in [1.82, 2.24) is 19.4 Å². The van der Waals surface area contributed by atoms with E-state index >= 15 is 0 Å². The first-order valence-corrected chi connectivity index (χ1v) is 8.52. The molecular formula is C19H20N4O2. The van der Waals surface area contributed by atoms with Crippen molar-refractivity contribution in [3.63, 3.8) is 0 Å². The van der Waals surface area contributed by atoms with E-state index in [1.807, 2.05) is 37.3 Å². The third-order valence-electron chi connectivity index (χ3n) is 4.81. The SMILES string of the molecule is Cc1ccc2nc(-c3ccccc3)n(C3CCN(C(=O)O)CC3)c2n1. The highest BCUT2D eigenvalue weighted by molar-refractivity contribution is 5.77. The third-order valence-corrected chi connectivity index (χ3v) is 4.81. The maximum Gasteiger partial charge on any atom is 0.407 e. The highest BCUT2D eigenvalue weighted by Gasteiger charge is 2.27. The smallest absolute Gasteiger partial charge is 0.407 e. The Morgan fingerprint density at radius 2 is 1.80 bits per heavy atom. The van der Waals surface area contributed by atoms with E-state index in [4.69, 9.17) is 9.97 Å². The standard InChI is InChI=1S/C19H20N4O2/c1-13-7-8-16-18(20-13)23(15-9-11-22(12-10-15)19(24)25)17(21-16)14-5-3-2-4-6-14/h2-8,15H,9-12H2,1H3,(H,24,25). The Labute approximate surface area is 145 Å². The van der Waals surface area contributed by atoms with Crippen molar-refractivity contribution in [1.29, 1.82) is 0 Å². The van der Waals surface area contributed by atoms with Gasteiger partial charge in [-0.1, -0.05) is 30.3 Å². The number of carbonyl (C=O) groups is 1. The fraction of sp³-hybridized carbons (Fsp3) is 0.316. The van der Waals surface area contributed by atoms with Crippen LogP contribution < -0.4 is 0 Å². The lowest BCUT2D eigenvalue weighted by molar-refractivity contribution is 0.126. The van der Waals surface area contributed by atoms with Gasteiger partial charge in [0, 0.05) is 30.4 Å². The Balaban J connectivity index is 1.81. The molecule has 1 aliphatic heterocycles. The molecule has 0 radical (unpaired) electrons. The Kier molecular flexibility index (Phi) is 3.87. The van der Waals surface area contributed by atoms with Gasteiger partial charge < -0.3 is 14.6 Å². The second-order valence-electron chi connectivity index (χ2n) is 6.47. The molecule has 6 nitrogen and oxygen atoms in total. The van der Waals surface area contributed by atoms with E-state index in [1.165, 1.54) is 4.90 Å². The lowest BCUT2D eigenvalue weighted by atomic mass is 10.0. The molecule has 25 heavy (non-hydrogen) atoms. The van der Waals surface area contributed by atoms with Gasteiger partial charge in [0.05, 0.1) is 0 Å². The molecule has 0 unspecified atom stereocenters. The number of rotatable bonds is 2. The Morgan fingerprint density at radius 3 is 2.48 bits per heavy atom. The van der Waals surface area contributed by atoms with Gasteiger partial charge in [-0.3, -0.25) is 0 Å². The minimum atomic E-state index is -0.841. The van der Waals surface area contributed by atoms with E-state index in [2.05, 4.69) is 16.7 Å². The molecule has 1 saturated heterocycles. The molecule has 128 valence electrons. The molecule has 1 amide bonds. The van der Waals surface area contributed by atoms with E-state index in [-0.39, 0.29) is 6.04 Å². The van der Waals surface area contributed by atoms with Gasteiger partial charge in [0.1, 0.15) is 11.3 Å². The van der Waals surface area contributed by atoms with Gasteiger partial charge in [-0.2, -0.15) is 0 Å². The molecule has 3 heterocycles. The molecule has 0 atom stereocenters. The molecule has 1 aromatic carbocycles. The van der Waals surface area contributed by atoms with Crippen LogP contribution in [0.4, 0.5) is 4.79 Å².